The molecule has 1 aliphatic rings. The third kappa shape index (κ3) is 4.61. The van der Waals surface area contributed by atoms with Crippen molar-refractivity contribution in [3.05, 3.63) is 29.3 Å². The van der Waals surface area contributed by atoms with Gasteiger partial charge in [0.1, 0.15) is 0 Å². The van der Waals surface area contributed by atoms with Gasteiger partial charge in [0.15, 0.2) is 0 Å². The number of halogens is 1. The number of carbonyl (C=O) groups is 2. The molecule has 0 heterocycles. The van der Waals surface area contributed by atoms with E-state index < -0.39 is 5.97 Å². The summed E-state index contributed by atoms with van der Waals surface area (Å²) in [6.07, 6.45) is 1.55. The summed E-state index contributed by atoms with van der Waals surface area (Å²) < 4.78 is 0. The lowest BCUT2D eigenvalue weighted by atomic mass is 9.85. The van der Waals surface area contributed by atoms with Gasteiger partial charge in [-0.3, -0.25) is 9.69 Å². The van der Waals surface area contributed by atoms with Gasteiger partial charge >= 0.3 is 12.0 Å². The molecule has 3 N–H and O–H groups in total. The lowest BCUT2D eigenvalue weighted by Crippen LogP contribution is -2.55. The minimum absolute atomic E-state index is 0.0465. The van der Waals surface area contributed by atoms with Gasteiger partial charge < -0.3 is 15.7 Å². The number of rotatable bonds is 6. The summed E-state index contributed by atoms with van der Waals surface area (Å²) in [7, 11) is 0. The molecule has 22 heavy (non-hydrogen) atoms. The fourth-order valence-electron chi connectivity index (χ4n) is 2.56. The number of likely N-dealkylation sites (N-methyl/N-ethyl adjacent to an activating group) is 1. The fraction of sp³-hybridized carbons (Fsp3) is 0.467. The molecule has 120 valence electrons. The van der Waals surface area contributed by atoms with Gasteiger partial charge in [0.2, 0.25) is 0 Å². The summed E-state index contributed by atoms with van der Waals surface area (Å²) in [5.41, 5.74) is 0.679. The van der Waals surface area contributed by atoms with Crippen molar-refractivity contribution in [3.63, 3.8) is 0 Å². The molecule has 0 radical (unpaired) electrons. The molecule has 0 unspecified atom stereocenters. The van der Waals surface area contributed by atoms with Crippen molar-refractivity contribution >= 4 is 29.3 Å². The highest BCUT2D eigenvalue weighted by atomic mass is 35.5. The van der Waals surface area contributed by atoms with Crippen LogP contribution in [0.5, 0.6) is 0 Å². The van der Waals surface area contributed by atoms with Crippen molar-refractivity contribution in [3.8, 4) is 0 Å². The third-order valence-electron chi connectivity index (χ3n) is 3.81. The molecule has 2 rings (SSSR count). The summed E-state index contributed by atoms with van der Waals surface area (Å²) in [4.78, 5) is 24.5. The van der Waals surface area contributed by atoms with Crippen LogP contribution in [0, 0.1) is 0 Å². The lowest BCUT2D eigenvalue weighted by Gasteiger charge is -2.42. The van der Waals surface area contributed by atoms with Crippen molar-refractivity contribution in [2.45, 2.75) is 31.8 Å². The number of carboxylic acids is 1. The maximum absolute atomic E-state index is 11.9. The largest absolute Gasteiger partial charge is 0.480 e. The molecule has 1 saturated carbocycles. The highest BCUT2D eigenvalue weighted by molar-refractivity contribution is 6.30. The van der Waals surface area contributed by atoms with Crippen molar-refractivity contribution in [2.24, 2.45) is 0 Å². The van der Waals surface area contributed by atoms with Crippen LogP contribution < -0.4 is 10.6 Å². The molecule has 0 spiro atoms. The van der Waals surface area contributed by atoms with E-state index in [2.05, 4.69) is 10.6 Å². The highest BCUT2D eigenvalue weighted by Crippen LogP contribution is 2.25. The second-order valence-electron chi connectivity index (χ2n) is 5.38. The van der Waals surface area contributed by atoms with Crippen LogP contribution in [0.4, 0.5) is 10.5 Å². The van der Waals surface area contributed by atoms with Crippen LogP contribution in [0.1, 0.15) is 19.8 Å². The van der Waals surface area contributed by atoms with Gasteiger partial charge in [0.05, 0.1) is 6.54 Å². The minimum Gasteiger partial charge on any atom is -0.480 e. The number of hydrogen-bond acceptors (Lipinski definition) is 3. The van der Waals surface area contributed by atoms with E-state index in [0.717, 1.165) is 12.8 Å². The maximum Gasteiger partial charge on any atom is 0.319 e. The quantitative estimate of drug-likeness (QED) is 0.750. The Morgan fingerprint density at radius 2 is 1.95 bits per heavy atom. The molecular formula is C15H20ClN3O3. The molecule has 1 fully saturated rings. The standard InChI is InChI=1S/C15H20ClN3O3/c1-2-19(9-14(20)21)13-7-12(8-13)18-15(22)17-11-5-3-10(16)4-6-11/h3-6,12-13H,2,7-9H2,1H3,(H,20,21)(H2,17,18,22). The predicted molar refractivity (Wildman–Crippen MR) is 85.3 cm³/mol. The summed E-state index contributed by atoms with van der Waals surface area (Å²) in [5, 5.41) is 15.1. The van der Waals surface area contributed by atoms with E-state index in [1.54, 1.807) is 24.3 Å². The van der Waals surface area contributed by atoms with Crippen LogP contribution in [0.25, 0.3) is 0 Å². The number of urea groups is 1. The lowest BCUT2D eigenvalue weighted by molar-refractivity contribution is -0.139. The number of carboxylic acid groups (broad SMARTS) is 1. The topological polar surface area (TPSA) is 81.7 Å². The van der Waals surface area contributed by atoms with E-state index in [4.69, 9.17) is 16.7 Å². The highest BCUT2D eigenvalue weighted by Gasteiger charge is 2.34. The van der Waals surface area contributed by atoms with Gasteiger partial charge in [-0.05, 0) is 43.7 Å². The van der Waals surface area contributed by atoms with E-state index in [-0.39, 0.29) is 24.7 Å². The van der Waals surface area contributed by atoms with Crippen LogP contribution in [0.3, 0.4) is 0 Å². The minimum atomic E-state index is -0.821. The number of anilines is 1. The van der Waals surface area contributed by atoms with Crippen LogP contribution >= 0.6 is 11.6 Å². The van der Waals surface area contributed by atoms with Gasteiger partial charge in [-0.1, -0.05) is 18.5 Å². The Balaban J connectivity index is 1.73. The number of hydrogen-bond donors (Lipinski definition) is 3. The van der Waals surface area contributed by atoms with E-state index in [1.807, 2.05) is 11.8 Å². The van der Waals surface area contributed by atoms with Gasteiger partial charge in [-0.2, -0.15) is 0 Å². The van der Waals surface area contributed by atoms with Crippen molar-refractivity contribution in [1.29, 1.82) is 0 Å². The molecular weight excluding hydrogens is 306 g/mol. The van der Waals surface area contributed by atoms with Crippen LogP contribution in [0.2, 0.25) is 5.02 Å². The second kappa shape index (κ2) is 7.47. The fourth-order valence-corrected chi connectivity index (χ4v) is 2.69. The SMILES string of the molecule is CCN(CC(=O)O)C1CC(NC(=O)Nc2ccc(Cl)cc2)C1. The molecule has 7 heteroatoms. The summed E-state index contributed by atoms with van der Waals surface area (Å²) in [6.45, 7) is 2.68. The smallest absolute Gasteiger partial charge is 0.319 e. The Hall–Kier alpha value is -1.79. The molecule has 0 atom stereocenters. The van der Waals surface area contributed by atoms with E-state index in [0.29, 0.717) is 17.3 Å². The Labute approximate surface area is 134 Å². The number of nitrogens with zero attached hydrogens (tertiary/aromatic N) is 1. The van der Waals surface area contributed by atoms with Gasteiger partial charge in [-0.15, -0.1) is 0 Å². The Bertz CT molecular complexity index is 529. The van der Waals surface area contributed by atoms with Crippen LogP contribution in [0.15, 0.2) is 24.3 Å². The van der Waals surface area contributed by atoms with E-state index >= 15 is 0 Å². The average Bonchev–Trinajstić information content (AvgIpc) is 2.42. The Morgan fingerprint density at radius 1 is 1.32 bits per heavy atom. The van der Waals surface area contributed by atoms with Crippen LogP contribution in [-0.4, -0.2) is 47.2 Å². The number of aliphatic carboxylic acids is 1. The molecule has 0 aliphatic heterocycles. The van der Waals surface area contributed by atoms with E-state index in [1.165, 1.54) is 0 Å². The first-order chi connectivity index (χ1) is 10.5. The second-order valence-corrected chi connectivity index (χ2v) is 5.82. The molecule has 1 aliphatic carbocycles. The summed E-state index contributed by atoms with van der Waals surface area (Å²) in [5.74, 6) is -0.821. The Kier molecular flexibility index (Phi) is 5.63. The maximum atomic E-state index is 11.9. The molecule has 1 aromatic rings. The van der Waals surface area contributed by atoms with Gasteiger partial charge in [0, 0.05) is 22.8 Å². The number of nitrogens with one attached hydrogen (secondary N) is 2. The normalized spacial score (nSPS) is 20.3. The number of amides is 2. The summed E-state index contributed by atoms with van der Waals surface area (Å²) >= 11 is 5.78. The molecule has 0 saturated heterocycles. The summed E-state index contributed by atoms with van der Waals surface area (Å²) in [6, 6.07) is 6.94. The molecule has 0 bridgehead atoms. The van der Waals surface area contributed by atoms with Crippen LogP contribution in [-0.2, 0) is 4.79 Å². The molecule has 6 nitrogen and oxygen atoms in total. The first kappa shape index (κ1) is 16.6. The van der Waals surface area contributed by atoms with Gasteiger partial charge in [-0.25, -0.2) is 4.79 Å². The zero-order chi connectivity index (χ0) is 16.1. The van der Waals surface area contributed by atoms with Crippen molar-refractivity contribution in [1.82, 2.24) is 10.2 Å². The van der Waals surface area contributed by atoms with Crippen molar-refractivity contribution < 1.29 is 14.7 Å². The monoisotopic (exact) mass is 325 g/mol. The van der Waals surface area contributed by atoms with Gasteiger partial charge in [0.25, 0.3) is 0 Å². The zero-order valence-electron chi connectivity index (χ0n) is 12.4. The third-order valence-corrected chi connectivity index (χ3v) is 4.06. The molecule has 2 amide bonds. The zero-order valence-corrected chi connectivity index (χ0v) is 13.1. The number of benzene rings is 1. The van der Waals surface area contributed by atoms with Crippen molar-refractivity contribution in [2.75, 3.05) is 18.4 Å². The first-order valence-corrected chi connectivity index (χ1v) is 7.64. The number of carbonyl (C=O) groups excluding carboxylic acids is 1. The molecule has 1 aromatic carbocycles. The average molecular weight is 326 g/mol. The Morgan fingerprint density at radius 3 is 2.50 bits per heavy atom. The molecule has 0 aromatic heterocycles. The first-order valence-electron chi connectivity index (χ1n) is 7.27. The predicted octanol–water partition coefficient (Wildman–Crippen LogP) is 2.40. The van der Waals surface area contributed by atoms with E-state index in [9.17, 15) is 9.59 Å².